The van der Waals surface area contributed by atoms with E-state index in [1.165, 1.54) is 6.26 Å². The molecule has 7 heteroatoms. The highest BCUT2D eigenvalue weighted by Crippen LogP contribution is 2.16. The zero-order valence-electron chi connectivity index (χ0n) is 14.1. The van der Waals surface area contributed by atoms with Gasteiger partial charge in [-0.25, -0.2) is 4.98 Å². The quantitative estimate of drug-likeness (QED) is 0.905. The number of hydrogen-bond acceptors (Lipinski definition) is 6. The van der Waals surface area contributed by atoms with Gasteiger partial charge in [-0.1, -0.05) is 13.8 Å². The first-order chi connectivity index (χ1) is 11.6. The number of carbonyl (C=O) groups is 1. The maximum atomic E-state index is 12.3. The van der Waals surface area contributed by atoms with Crippen molar-refractivity contribution in [3.63, 3.8) is 0 Å². The topological polar surface area (TPSA) is 74.5 Å². The molecule has 0 spiro atoms. The highest BCUT2D eigenvalue weighted by atomic mass is 16.3. The van der Waals surface area contributed by atoms with Crippen LogP contribution in [0.25, 0.3) is 0 Å². The Kier molecular flexibility index (Phi) is 4.98. The van der Waals surface area contributed by atoms with Crippen LogP contribution in [0.2, 0.25) is 0 Å². The number of hydrogen-bond donors (Lipinski definition) is 1. The molecule has 128 valence electrons. The lowest BCUT2D eigenvalue weighted by Crippen LogP contribution is -2.49. The lowest BCUT2D eigenvalue weighted by atomic mass is 10.2. The normalized spacial score (nSPS) is 15.0. The summed E-state index contributed by atoms with van der Waals surface area (Å²) in [6.45, 7) is 7.92. The second-order valence-electron chi connectivity index (χ2n) is 6.27. The predicted molar refractivity (Wildman–Crippen MR) is 92.2 cm³/mol. The average Bonchev–Trinajstić information content (AvgIpc) is 3.14. The summed E-state index contributed by atoms with van der Waals surface area (Å²) in [5.74, 6) is 2.41. The van der Waals surface area contributed by atoms with Gasteiger partial charge in [0.1, 0.15) is 5.82 Å². The first kappa shape index (κ1) is 16.3. The molecule has 3 rings (SSSR count). The third-order valence-electron chi connectivity index (χ3n) is 3.93. The SMILES string of the molecule is CC(C)CNc1nccc(N2CCN(C(=O)c3ccco3)CC2)n1. The van der Waals surface area contributed by atoms with E-state index in [1.807, 2.05) is 11.0 Å². The minimum absolute atomic E-state index is 0.0540. The number of nitrogens with one attached hydrogen (secondary N) is 1. The molecule has 0 radical (unpaired) electrons. The van der Waals surface area contributed by atoms with Crippen LogP contribution in [0.15, 0.2) is 35.1 Å². The van der Waals surface area contributed by atoms with Crippen molar-refractivity contribution in [3.8, 4) is 0 Å². The van der Waals surface area contributed by atoms with Crippen molar-refractivity contribution in [3.05, 3.63) is 36.4 Å². The molecule has 24 heavy (non-hydrogen) atoms. The van der Waals surface area contributed by atoms with Crippen LogP contribution in [0.5, 0.6) is 0 Å². The number of anilines is 2. The summed E-state index contributed by atoms with van der Waals surface area (Å²) in [6, 6.07) is 5.34. The van der Waals surface area contributed by atoms with Gasteiger partial charge in [0.2, 0.25) is 5.95 Å². The Morgan fingerprint density at radius 2 is 2.08 bits per heavy atom. The average molecular weight is 329 g/mol. The molecular weight excluding hydrogens is 306 g/mol. The van der Waals surface area contributed by atoms with Gasteiger partial charge < -0.3 is 19.5 Å². The summed E-state index contributed by atoms with van der Waals surface area (Å²) >= 11 is 0. The fourth-order valence-corrected chi connectivity index (χ4v) is 2.60. The number of amides is 1. The molecular formula is C17H23N5O2. The molecule has 0 unspecified atom stereocenters. The van der Waals surface area contributed by atoms with Crippen LogP contribution >= 0.6 is 0 Å². The molecule has 2 aromatic rings. The Morgan fingerprint density at radius 3 is 2.75 bits per heavy atom. The van der Waals surface area contributed by atoms with E-state index in [9.17, 15) is 4.79 Å². The van der Waals surface area contributed by atoms with E-state index >= 15 is 0 Å². The molecule has 1 N–H and O–H groups in total. The second kappa shape index (κ2) is 7.33. The zero-order valence-corrected chi connectivity index (χ0v) is 14.1. The second-order valence-corrected chi connectivity index (χ2v) is 6.27. The Hall–Kier alpha value is -2.57. The first-order valence-corrected chi connectivity index (χ1v) is 8.28. The van der Waals surface area contributed by atoms with Gasteiger partial charge in [0.25, 0.3) is 5.91 Å². The van der Waals surface area contributed by atoms with E-state index < -0.39 is 0 Å². The van der Waals surface area contributed by atoms with Crippen molar-refractivity contribution in [2.45, 2.75) is 13.8 Å². The van der Waals surface area contributed by atoms with Gasteiger partial charge >= 0.3 is 0 Å². The van der Waals surface area contributed by atoms with Gasteiger partial charge in [0, 0.05) is 38.9 Å². The third kappa shape index (κ3) is 3.84. The summed E-state index contributed by atoms with van der Waals surface area (Å²) in [5, 5.41) is 3.24. The summed E-state index contributed by atoms with van der Waals surface area (Å²) in [4.78, 5) is 25.1. The smallest absolute Gasteiger partial charge is 0.289 e. The first-order valence-electron chi connectivity index (χ1n) is 8.28. The van der Waals surface area contributed by atoms with Crippen LogP contribution in [0, 0.1) is 5.92 Å². The van der Waals surface area contributed by atoms with Gasteiger partial charge in [0.15, 0.2) is 5.76 Å². The van der Waals surface area contributed by atoms with Crippen molar-refractivity contribution in [1.82, 2.24) is 14.9 Å². The molecule has 1 fully saturated rings. The molecule has 0 atom stereocenters. The van der Waals surface area contributed by atoms with Crippen LogP contribution in [0.4, 0.5) is 11.8 Å². The lowest BCUT2D eigenvalue weighted by molar-refractivity contribution is 0.0714. The van der Waals surface area contributed by atoms with Gasteiger partial charge in [-0.3, -0.25) is 4.79 Å². The van der Waals surface area contributed by atoms with Crippen LogP contribution in [-0.2, 0) is 0 Å². The molecule has 0 aliphatic carbocycles. The molecule has 7 nitrogen and oxygen atoms in total. The zero-order chi connectivity index (χ0) is 16.9. The number of piperazine rings is 1. The fraction of sp³-hybridized carbons (Fsp3) is 0.471. The number of carbonyl (C=O) groups excluding carboxylic acids is 1. The van der Waals surface area contributed by atoms with Crippen molar-refractivity contribution in [2.24, 2.45) is 5.92 Å². The van der Waals surface area contributed by atoms with Gasteiger partial charge in [0.05, 0.1) is 6.26 Å². The third-order valence-corrected chi connectivity index (χ3v) is 3.93. The summed E-state index contributed by atoms with van der Waals surface area (Å²) in [5.41, 5.74) is 0. The highest BCUT2D eigenvalue weighted by molar-refractivity contribution is 5.91. The molecule has 2 aromatic heterocycles. The number of nitrogens with zero attached hydrogens (tertiary/aromatic N) is 4. The minimum Gasteiger partial charge on any atom is -0.459 e. The highest BCUT2D eigenvalue weighted by Gasteiger charge is 2.24. The Labute approximate surface area is 141 Å². The van der Waals surface area contributed by atoms with Crippen molar-refractivity contribution >= 4 is 17.7 Å². The van der Waals surface area contributed by atoms with Crippen LogP contribution in [0.3, 0.4) is 0 Å². The fourth-order valence-electron chi connectivity index (χ4n) is 2.60. The summed E-state index contributed by atoms with van der Waals surface area (Å²) in [7, 11) is 0. The van der Waals surface area contributed by atoms with Gasteiger partial charge in [-0.2, -0.15) is 4.98 Å². The van der Waals surface area contributed by atoms with Crippen LogP contribution in [-0.4, -0.2) is 53.5 Å². The van der Waals surface area contributed by atoms with Crippen molar-refractivity contribution < 1.29 is 9.21 Å². The van der Waals surface area contributed by atoms with Crippen molar-refractivity contribution in [1.29, 1.82) is 0 Å². The monoisotopic (exact) mass is 329 g/mol. The molecule has 1 aliphatic rings. The molecule has 3 heterocycles. The molecule has 1 amide bonds. The standard InChI is InChI=1S/C17H23N5O2/c1-13(2)12-19-17-18-6-5-15(20-17)21-7-9-22(10-8-21)16(23)14-4-3-11-24-14/h3-6,11,13H,7-10,12H2,1-2H3,(H,18,19,20). The number of furan rings is 1. The van der Waals surface area contributed by atoms with Gasteiger partial charge in [-0.15, -0.1) is 0 Å². The lowest BCUT2D eigenvalue weighted by Gasteiger charge is -2.35. The minimum atomic E-state index is -0.0540. The van der Waals surface area contributed by atoms with Crippen LogP contribution in [0.1, 0.15) is 24.4 Å². The largest absolute Gasteiger partial charge is 0.459 e. The Morgan fingerprint density at radius 1 is 1.29 bits per heavy atom. The summed E-state index contributed by atoms with van der Waals surface area (Å²) in [6.07, 6.45) is 3.29. The predicted octanol–water partition coefficient (Wildman–Crippen LogP) is 2.10. The van der Waals surface area contributed by atoms with Crippen molar-refractivity contribution in [2.75, 3.05) is 42.9 Å². The Balaban J connectivity index is 1.58. The molecule has 0 bridgehead atoms. The maximum Gasteiger partial charge on any atom is 0.289 e. The van der Waals surface area contributed by atoms with E-state index in [4.69, 9.17) is 4.42 Å². The number of rotatable bonds is 5. The van der Waals surface area contributed by atoms with Gasteiger partial charge in [-0.05, 0) is 24.1 Å². The molecule has 1 aliphatic heterocycles. The molecule has 0 saturated carbocycles. The summed E-state index contributed by atoms with van der Waals surface area (Å²) < 4.78 is 5.19. The molecule has 1 saturated heterocycles. The van der Waals surface area contributed by atoms with E-state index in [2.05, 4.69) is 34.0 Å². The van der Waals surface area contributed by atoms with E-state index in [0.29, 0.717) is 30.7 Å². The van der Waals surface area contributed by atoms with E-state index in [-0.39, 0.29) is 5.91 Å². The van der Waals surface area contributed by atoms with Crippen LogP contribution < -0.4 is 10.2 Å². The Bertz CT molecular complexity index is 663. The maximum absolute atomic E-state index is 12.3. The van der Waals surface area contributed by atoms with E-state index in [1.54, 1.807) is 18.3 Å². The van der Waals surface area contributed by atoms with E-state index in [0.717, 1.165) is 25.5 Å². The molecule has 0 aromatic carbocycles. The number of aromatic nitrogens is 2.